The van der Waals surface area contributed by atoms with Crippen molar-refractivity contribution in [1.82, 2.24) is 25.0 Å². The Morgan fingerprint density at radius 1 is 1.44 bits per heavy atom. The van der Waals surface area contributed by atoms with Crippen LogP contribution in [0.3, 0.4) is 0 Å². The molecule has 2 unspecified atom stereocenters. The van der Waals surface area contributed by atoms with Gasteiger partial charge in [0.25, 0.3) is 0 Å². The largest absolute Gasteiger partial charge is 0.315 e. The van der Waals surface area contributed by atoms with Crippen LogP contribution in [0.1, 0.15) is 38.4 Å². The quantitative estimate of drug-likeness (QED) is 0.868. The van der Waals surface area contributed by atoms with Gasteiger partial charge in [0.1, 0.15) is 12.2 Å². The molecule has 1 saturated heterocycles. The van der Waals surface area contributed by atoms with Crippen LogP contribution in [0.2, 0.25) is 0 Å². The zero-order valence-electron chi connectivity index (χ0n) is 11.2. The topological polar surface area (TPSA) is 46.0 Å². The zero-order valence-corrected chi connectivity index (χ0v) is 11.2. The molecule has 1 aromatic rings. The third-order valence-corrected chi connectivity index (χ3v) is 4.33. The van der Waals surface area contributed by atoms with E-state index in [4.69, 9.17) is 0 Å². The van der Waals surface area contributed by atoms with Gasteiger partial charge in [0.15, 0.2) is 0 Å². The van der Waals surface area contributed by atoms with E-state index in [-0.39, 0.29) is 0 Å². The molecule has 0 bridgehead atoms. The van der Waals surface area contributed by atoms with Gasteiger partial charge in [0.05, 0.1) is 6.54 Å². The number of piperidine rings is 1. The number of hydrogen-bond acceptors (Lipinski definition) is 4. The van der Waals surface area contributed by atoms with Crippen LogP contribution in [-0.4, -0.2) is 44.8 Å². The van der Waals surface area contributed by atoms with Crippen LogP contribution >= 0.6 is 0 Å². The highest BCUT2D eigenvalue weighted by Crippen LogP contribution is 2.18. The van der Waals surface area contributed by atoms with Crippen molar-refractivity contribution in [1.29, 1.82) is 0 Å². The van der Waals surface area contributed by atoms with E-state index in [1.54, 1.807) is 0 Å². The summed E-state index contributed by atoms with van der Waals surface area (Å²) >= 11 is 0. The van der Waals surface area contributed by atoms with Gasteiger partial charge >= 0.3 is 0 Å². The predicted octanol–water partition coefficient (Wildman–Crippen LogP) is 1.01. The lowest BCUT2D eigenvalue weighted by Crippen LogP contribution is -2.44. The molecular weight excluding hydrogens is 226 g/mol. The summed E-state index contributed by atoms with van der Waals surface area (Å²) in [6.07, 6.45) is 7.18. The van der Waals surface area contributed by atoms with E-state index >= 15 is 0 Å². The fourth-order valence-electron chi connectivity index (χ4n) is 3.15. The molecule has 3 heterocycles. The molecule has 1 aromatic heterocycles. The Balaban J connectivity index is 1.55. The maximum Gasteiger partial charge on any atom is 0.147 e. The highest BCUT2D eigenvalue weighted by Gasteiger charge is 2.24. The van der Waals surface area contributed by atoms with E-state index < -0.39 is 0 Å². The van der Waals surface area contributed by atoms with Crippen molar-refractivity contribution in [2.45, 2.75) is 57.8 Å². The van der Waals surface area contributed by atoms with Crippen LogP contribution in [0.5, 0.6) is 0 Å². The maximum absolute atomic E-state index is 4.19. The molecule has 0 spiro atoms. The summed E-state index contributed by atoms with van der Waals surface area (Å²) in [5.74, 6) is 1.12. The van der Waals surface area contributed by atoms with Gasteiger partial charge in [-0.25, -0.2) is 0 Å². The average molecular weight is 249 g/mol. The number of hydrogen-bond donors (Lipinski definition) is 1. The first-order chi connectivity index (χ1) is 8.83. The van der Waals surface area contributed by atoms with E-state index in [0.717, 1.165) is 25.5 Å². The maximum atomic E-state index is 4.19. The normalized spacial score (nSPS) is 26.8. The Labute approximate surface area is 109 Å². The fraction of sp³-hybridized carbons (Fsp3) is 0.846. The molecule has 0 radical (unpaired) electrons. The summed E-state index contributed by atoms with van der Waals surface area (Å²) in [4.78, 5) is 2.54. The van der Waals surface area contributed by atoms with Gasteiger partial charge in [-0.05, 0) is 32.7 Å². The molecule has 0 aromatic carbocycles. The molecule has 1 N–H and O–H groups in total. The van der Waals surface area contributed by atoms with Crippen molar-refractivity contribution in [3.05, 3.63) is 12.2 Å². The van der Waals surface area contributed by atoms with Gasteiger partial charge < -0.3 is 9.88 Å². The summed E-state index contributed by atoms with van der Waals surface area (Å²) in [5.41, 5.74) is 0. The second-order valence-electron chi connectivity index (χ2n) is 5.64. The minimum atomic E-state index is 0.631. The third-order valence-electron chi connectivity index (χ3n) is 4.33. The summed E-state index contributed by atoms with van der Waals surface area (Å²) < 4.78 is 2.17. The number of fused-ring (bicyclic) bond motifs is 1. The Morgan fingerprint density at radius 2 is 2.39 bits per heavy atom. The summed E-state index contributed by atoms with van der Waals surface area (Å²) in [5, 5.41) is 11.8. The van der Waals surface area contributed by atoms with Gasteiger partial charge in [0, 0.05) is 25.2 Å². The first-order valence-electron chi connectivity index (χ1n) is 7.17. The number of rotatable bonds is 3. The molecule has 5 nitrogen and oxygen atoms in total. The van der Waals surface area contributed by atoms with Gasteiger partial charge in [0.2, 0.25) is 0 Å². The third kappa shape index (κ3) is 2.57. The van der Waals surface area contributed by atoms with Crippen molar-refractivity contribution in [2.75, 3.05) is 13.1 Å². The van der Waals surface area contributed by atoms with Gasteiger partial charge in [-0.15, -0.1) is 10.2 Å². The Bertz CT molecular complexity index is 382. The zero-order chi connectivity index (χ0) is 12.4. The van der Waals surface area contributed by atoms with E-state index in [9.17, 15) is 0 Å². The molecule has 100 valence electrons. The summed E-state index contributed by atoms with van der Waals surface area (Å²) in [7, 11) is 0. The molecule has 1 fully saturated rings. The van der Waals surface area contributed by atoms with Crippen LogP contribution in [0.4, 0.5) is 0 Å². The molecule has 2 aliphatic rings. The van der Waals surface area contributed by atoms with Crippen molar-refractivity contribution >= 4 is 0 Å². The monoisotopic (exact) mass is 249 g/mol. The lowest BCUT2D eigenvalue weighted by Gasteiger charge is -2.35. The molecular formula is C13H23N5. The van der Waals surface area contributed by atoms with Crippen molar-refractivity contribution in [2.24, 2.45) is 0 Å². The molecule has 3 rings (SSSR count). The SMILES string of the molecule is CC(CC1CCCCN1)N1CCn2cnnc2C1. The van der Waals surface area contributed by atoms with Gasteiger partial charge in [-0.2, -0.15) is 0 Å². The van der Waals surface area contributed by atoms with Crippen LogP contribution < -0.4 is 5.32 Å². The van der Waals surface area contributed by atoms with Crippen molar-refractivity contribution in [3.63, 3.8) is 0 Å². The average Bonchev–Trinajstić information content (AvgIpc) is 2.87. The minimum absolute atomic E-state index is 0.631. The Kier molecular flexibility index (Phi) is 3.61. The minimum Gasteiger partial charge on any atom is -0.315 e. The van der Waals surface area contributed by atoms with Crippen LogP contribution in [0, 0.1) is 0 Å². The molecule has 0 amide bonds. The molecule has 2 aliphatic heterocycles. The fourth-order valence-corrected chi connectivity index (χ4v) is 3.15. The van der Waals surface area contributed by atoms with Gasteiger partial charge in [-0.3, -0.25) is 4.90 Å². The molecule has 0 saturated carbocycles. The molecule has 18 heavy (non-hydrogen) atoms. The standard InChI is InChI=1S/C13H23N5/c1-11(8-12-4-2-3-5-14-12)17-6-7-18-10-15-16-13(18)9-17/h10-12,14H,2-9H2,1H3. The van der Waals surface area contributed by atoms with Gasteiger partial charge in [-0.1, -0.05) is 6.42 Å². The number of nitrogens with zero attached hydrogens (tertiary/aromatic N) is 4. The second-order valence-corrected chi connectivity index (χ2v) is 5.64. The second kappa shape index (κ2) is 5.36. The van der Waals surface area contributed by atoms with Crippen LogP contribution in [0.25, 0.3) is 0 Å². The van der Waals surface area contributed by atoms with Crippen molar-refractivity contribution < 1.29 is 0 Å². The number of nitrogens with one attached hydrogen (secondary N) is 1. The summed E-state index contributed by atoms with van der Waals surface area (Å²) in [6, 6.07) is 1.35. The predicted molar refractivity (Wildman–Crippen MR) is 70.2 cm³/mol. The van der Waals surface area contributed by atoms with E-state index in [1.165, 1.54) is 32.2 Å². The number of aromatic nitrogens is 3. The van der Waals surface area contributed by atoms with E-state index in [1.807, 2.05) is 6.33 Å². The Hall–Kier alpha value is -0.940. The molecule has 5 heteroatoms. The van der Waals surface area contributed by atoms with E-state index in [0.29, 0.717) is 12.1 Å². The first kappa shape index (κ1) is 12.1. The summed E-state index contributed by atoms with van der Waals surface area (Å²) in [6.45, 7) is 6.66. The smallest absolute Gasteiger partial charge is 0.147 e. The van der Waals surface area contributed by atoms with Crippen molar-refractivity contribution in [3.8, 4) is 0 Å². The highest BCUT2D eigenvalue weighted by atomic mass is 15.3. The molecule has 0 aliphatic carbocycles. The molecule has 2 atom stereocenters. The highest BCUT2D eigenvalue weighted by molar-refractivity contribution is 4.92. The first-order valence-corrected chi connectivity index (χ1v) is 7.17. The van der Waals surface area contributed by atoms with E-state index in [2.05, 4.69) is 31.9 Å². The lowest BCUT2D eigenvalue weighted by atomic mass is 9.98. The van der Waals surface area contributed by atoms with Crippen LogP contribution in [0.15, 0.2) is 6.33 Å². The van der Waals surface area contributed by atoms with Crippen LogP contribution in [-0.2, 0) is 13.1 Å². The Morgan fingerprint density at radius 3 is 3.22 bits per heavy atom. The lowest BCUT2D eigenvalue weighted by molar-refractivity contribution is 0.142.